The van der Waals surface area contributed by atoms with E-state index in [1.165, 1.54) is 0 Å². The summed E-state index contributed by atoms with van der Waals surface area (Å²) in [4.78, 5) is 3.15. The van der Waals surface area contributed by atoms with Crippen LogP contribution in [0.15, 0.2) is 0 Å². The van der Waals surface area contributed by atoms with E-state index in [1.54, 1.807) is 6.26 Å². The van der Waals surface area contributed by atoms with Gasteiger partial charge in [0.25, 0.3) is 0 Å². The number of morpholine rings is 1. The highest BCUT2D eigenvalue weighted by Gasteiger charge is 2.08. The van der Waals surface area contributed by atoms with Crippen LogP contribution in [0.2, 0.25) is 0 Å². The van der Waals surface area contributed by atoms with Gasteiger partial charge in [-0.05, 0) is 26.3 Å². The first-order valence-corrected chi connectivity index (χ1v) is 9.04. The second kappa shape index (κ2) is 16.0. The first-order valence-electron chi connectivity index (χ1n) is 6.91. The Morgan fingerprint density at radius 3 is 2.16 bits per heavy atom. The Bertz CT molecular complexity index is 233. The first kappa shape index (κ1) is 21.3. The smallest absolute Gasteiger partial charge is 0.0749 e. The molecule has 0 spiro atoms. The van der Waals surface area contributed by atoms with E-state index in [-0.39, 0.29) is 0 Å². The molecule has 1 rings (SSSR count). The second-order valence-electron chi connectivity index (χ2n) is 3.89. The molecule has 0 bridgehead atoms. The quantitative estimate of drug-likeness (QED) is 0.634. The molecule has 6 heteroatoms. The lowest BCUT2D eigenvalue weighted by Gasteiger charge is -2.27. The molecule has 1 fully saturated rings. The van der Waals surface area contributed by atoms with Crippen molar-refractivity contribution in [2.45, 2.75) is 33.6 Å². The summed E-state index contributed by atoms with van der Waals surface area (Å²) in [6.07, 6.45) is 3.72. The Hall–Kier alpha value is -0.0400. The van der Waals surface area contributed by atoms with E-state index < -0.39 is 10.8 Å². The third-order valence-electron chi connectivity index (χ3n) is 2.34. The maximum atomic E-state index is 10.4. The maximum absolute atomic E-state index is 10.4. The van der Waals surface area contributed by atoms with Crippen LogP contribution in [0.4, 0.5) is 0 Å². The van der Waals surface area contributed by atoms with E-state index >= 15 is 0 Å². The van der Waals surface area contributed by atoms with Gasteiger partial charge in [-0.1, -0.05) is 26.1 Å². The lowest BCUT2D eigenvalue weighted by molar-refractivity contribution is 0.0688. The van der Waals surface area contributed by atoms with Gasteiger partial charge in [0.2, 0.25) is 0 Å². The molecule has 2 N–H and O–H groups in total. The molecule has 0 aromatic rings. The molecule has 1 unspecified atom stereocenters. The Balaban J connectivity index is 0. The number of hydrogen-bond acceptors (Lipinski definition) is 4. The van der Waals surface area contributed by atoms with E-state index in [2.05, 4.69) is 4.90 Å². The van der Waals surface area contributed by atoms with Gasteiger partial charge in [0.05, 0.1) is 18.2 Å². The van der Waals surface area contributed by atoms with Crippen molar-refractivity contribution in [1.82, 2.24) is 4.90 Å². The number of nitrogens with zero attached hydrogens (tertiary/aromatic N) is 1. The van der Waals surface area contributed by atoms with E-state index in [4.69, 9.17) is 22.7 Å². The summed E-state index contributed by atoms with van der Waals surface area (Å²) in [7, 11) is -0.623. The summed E-state index contributed by atoms with van der Waals surface area (Å²) in [5.74, 6) is 0.803. The zero-order valence-corrected chi connectivity index (χ0v) is 14.4. The van der Waals surface area contributed by atoms with Crippen LogP contribution in [0.1, 0.15) is 33.6 Å². The number of rotatable bonds is 4. The second-order valence-corrected chi connectivity index (χ2v) is 6.04. The Morgan fingerprint density at radius 1 is 1.32 bits per heavy atom. The average Bonchev–Trinajstić information content (AvgIpc) is 2.43. The zero-order valence-electron chi connectivity index (χ0n) is 12.8. The van der Waals surface area contributed by atoms with Crippen molar-refractivity contribution in [2.75, 3.05) is 44.9 Å². The van der Waals surface area contributed by atoms with Gasteiger partial charge in [0, 0.05) is 35.9 Å². The molecule has 0 aromatic carbocycles. The highest BCUT2D eigenvalue weighted by Crippen LogP contribution is 1.97. The summed E-state index contributed by atoms with van der Waals surface area (Å²) in [6.45, 7) is 10.3. The fourth-order valence-electron chi connectivity index (χ4n) is 1.33. The summed E-state index contributed by atoms with van der Waals surface area (Å²) < 4.78 is 15.5. The van der Waals surface area contributed by atoms with Crippen LogP contribution in [-0.4, -0.2) is 59.0 Å². The van der Waals surface area contributed by atoms with Gasteiger partial charge in [-0.25, -0.2) is 0 Å². The summed E-state index contributed by atoms with van der Waals surface area (Å²) >= 11 is 4.99. The minimum absolute atomic E-state index is 0.623. The third-order valence-corrected chi connectivity index (χ3v) is 3.46. The molecule has 0 radical (unpaired) electrons. The minimum atomic E-state index is -0.623. The van der Waals surface area contributed by atoms with E-state index in [0.717, 1.165) is 56.4 Å². The van der Waals surface area contributed by atoms with Gasteiger partial charge in [0.1, 0.15) is 0 Å². The largest absolute Gasteiger partial charge is 0.378 e. The van der Waals surface area contributed by atoms with Crippen LogP contribution in [0.3, 0.4) is 0 Å². The number of nitrogens with two attached hydrogens (primary N) is 1. The van der Waals surface area contributed by atoms with Gasteiger partial charge in [-0.15, -0.1) is 0 Å². The summed E-state index contributed by atoms with van der Waals surface area (Å²) in [5, 5.41) is 0. The Kier molecular flexibility index (Phi) is 17.9. The van der Waals surface area contributed by atoms with E-state index in [0.29, 0.717) is 0 Å². The van der Waals surface area contributed by atoms with Gasteiger partial charge >= 0.3 is 0 Å². The Labute approximate surface area is 126 Å². The number of ether oxygens (including phenoxy) is 1. The van der Waals surface area contributed by atoms with Crippen LogP contribution in [-0.2, 0) is 15.5 Å². The third kappa shape index (κ3) is 15.9. The average molecular weight is 311 g/mol. The molecule has 0 aliphatic carbocycles. The zero-order chi connectivity index (χ0) is 15.1. The topological polar surface area (TPSA) is 55.6 Å². The van der Waals surface area contributed by atoms with Crippen molar-refractivity contribution >= 4 is 28.0 Å². The SMILES string of the molecule is CC.CC(=S)N1CCOCC1.CS(=O)CCCCN. The van der Waals surface area contributed by atoms with Gasteiger partial charge < -0.3 is 15.4 Å². The Morgan fingerprint density at radius 2 is 1.84 bits per heavy atom. The predicted octanol–water partition coefficient (Wildman–Crippen LogP) is 1.80. The van der Waals surface area contributed by atoms with E-state index in [9.17, 15) is 4.21 Å². The molecule has 1 saturated heterocycles. The van der Waals surface area contributed by atoms with Crippen LogP contribution in [0, 0.1) is 0 Å². The molecule has 0 saturated carbocycles. The minimum Gasteiger partial charge on any atom is -0.378 e. The highest BCUT2D eigenvalue weighted by atomic mass is 32.2. The molecule has 19 heavy (non-hydrogen) atoms. The number of thiocarbonyl (C=S) groups is 1. The molecule has 116 valence electrons. The van der Waals surface area contributed by atoms with Crippen molar-refractivity contribution in [2.24, 2.45) is 5.73 Å². The fraction of sp³-hybridized carbons (Fsp3) is 0.923. The molecular weight excluding hydrogens is 280 g/mol. The fourth-order valence-corrected chi connectivity index (χ4v) is 2.12. The van der Waals surface area contributed by atoms with Crippen LogP contribution in [0.25, 0.3) is 0 Å². The maximum Gasteiger partial charge on any atom is 0.0749 e. The standard InChI is InChI=1S/C6H11NOS.C5H13NOS.C2H6/c1-6(9)7-2-4-8-5-3-7;1-8(7)5-3-2-4-6;1-2/h2-5H2,1H3;2-6H2,1H3;1-2H3. The van der Waals surface area contributed by atoms with Crippen molar-refractivity contribution < 1.29 is 8.95 Å². The molecule has 1 atom stereocenters. The number of unbranched alkanes of at least 4 members (excludes halogenated alkanes) is 1. The van der Waals surface area contributed by atoms with Crippen LogP contribution >= 0.6 is 12.2 Å². The van der Waals surface area contributed by atoms with Crippen molar-refractivity contribution in [3.63, 3.8) is 0 Å². The van der Waals surface area contributed by atoms with Crippen molar-refractivity contribution in [3.8, 4) is 0 Å². The highest BCUT2D eigenvalue weighted by molar-refractivity contribution is 7.84. The molecule has 1 aliphatic rings. The summed E-state index contributed by atoms with van der Waals surface area (Å²) in [6, 6.07) is 0. The molecule has 0 amide bonds. The van der Waals surface area contributed by atoms with Gasteiger partial charge in [-0.2, -0.15) is 0 Å². The lowest BCUT2D eigenvalue weighted by atomic mass is 10.3. The first-order chi connectivity index (χ1) is 9.07. The van der Waals surface area contributed by atoms with Crippen LogP contribution in [0.5, 0.6) is 0 Å². The predicted molar refractivity (Wildman–Crippen MR) is 89.2 cm³/mol. The number of hydrogen-bond donors (Lipinski definition) is 1. The molecule has 1 heterocycles. The van der Waals surface area contributed by atoms with Crippen molar-refractivity contribution in [1.29, 1.82) is 0 Å². The molecule has 1 aliphatic heterocycles. The molecule has 4 nitrogen and oxygen atoms in total. The van der Waals surface area contributed by atoms with Crippen molar-refractivity contribution in [3.05, 3.63) is 0 Å². The van der Waals surface area contributed by atoms with Crippen LogP contribution < -0.4 is 5.73 Å². The van der Waals surface area contributed by atoms with E-state index in [1.807, 2.05) is 20.8 Å². The molecule has 0 aromatic heterocycles. The normalized spacial score (nSPS) is 15.5. The lowest BCUT2D eigenvalue weighted by Crippen LogP contribution is -2.38. The monoisotopic (exact) mass is 310 g/mol. The molecular formula is C13H30N2O2S2. The van der Waals surface area contributed by atoms with Gasteiger partial charge in [-0.3, -0.25) is 4.21 Å². The summed E-state index contributed by atoms with van der Waals surface area (Å²) in [5.41, 5.74) is 5.22. The van der Waals surface area contributed by atoms with Gasteiger partial charge in [0.15, 0.2) is 0 Å².